The second-order valence-corrected chi connectivity index (χ2v) is 9.46. The van der Waals surface area contributed by atoms with Crippen molar-refractivity contribution in [1.29, 1.82) is 0 Å². The second-order valence-electron chi connectivity index (χ2n) is 7.30. The Hall–Kier alpha value is -3.27. The third kappa shape index (κ3) is 5.57. The van der Waals surface area contributed by atoms with Crippen molar-refractivity contribution in [1.82, 2.24) is 20.0 Å². The fraction of sp³-hybridized carbons (Fsp3) is 0.130. The van der Waals surface area contributed by atoms with Crippen LogP contribution >= 0.6 is 11.6 Å². The minimum atomic E-state index is -3.99. The third-order valence-corrected chi connectivity index (χ3v) is 6.64. The van der Waals surface area contributed by atoms with Crippen LogP contribution in [0.25, 0.3) is 11.0 Å². The van der Waals surface area contributed by atoms with Gasteiger partial charge in [0.05, 0.1) is 15.9 Å². The maximum atomic E-state index is 13.4. The molecule has 0 spiro atoms. The van der Waals surface area contributed by atoms with Crippen LogP contribution in [0.1, 0.15) is 17.4 Å². The molecule has 0 bridgehead atoms. The van der Waals surface area contributed by atoms with E-state index >= 15 is 0 Å². The first kappa shape index (κ1) is 22.9. The Morgan fingerprint density at radius 3 is 2.52 bits per heavy atom. The topological polar surface area (TPSA) is 104 Å². The standard InChI is InChI=1S/C23H20ClFN4O3S/c24-16-6-9-18(10-7-16)33(31,32)29-22(15-4-2-1-3-5-15)23(30)26-13-12-21-27-19-11-8-17(25)14-20(19)28-21/h1-11,14,22,29H,12-13H2,(H,26,30)(H,27,28). The summed E-state index contributed by atoms with van der Waals surface area (Å²) >= 11 is 5.85. The average Bonchev–Trinajstić information content (AvgIpc) is 3.20. The molecule has 0 aliphatic rings. The van der Waals surface area contributed by atoms with Gasteiger partial charge in [0.25, 0.3) is 0 Å². The zero-order valence-corrected chi connectivity index (χ0v) is 18.8. The molecule has 0 radical (unpaired) electrons. The molecule has 10 heteroatoms. The summed E-state index contributed by atoms with van der Waals surface area (Å²) in [4.78, 5) is 20.3. The monoisotopic (exact) mass is 486 g/mol. The fourth-order valence-electron chi connectivity index (χ4n) is 3.31. The summed E-state index contributed by atoms with van der Waals surface area (Å²) in [5.41, 5.74) is 1.68. The molecule has 33 heavy (non-hydrogen) atoms. The normalized spacial score (nSPS) is 12.5. The number of sulfonamides is 1. The van der Waals surface area contributed by atoms with Crippen molar-refractivity contribution >= 4 is 38.6 Å². The first-order chi connectivity index (χ1) is 15.8. The first-order valence-corrected chi connectivity index (χ1v) is 11.9. The van der Waals surface area contributed by atoms with Gasteiger partial charge in [0, 0.05) is 18.0 Å². The highest BCUT2D eigenvalue weighted by atomic mass is 35.5. The van der Waals surface area contributed by atoms with E-state index in [1.54, 1.807) is 36.4 Å². The largest absolute Gasteiger partial charge is 0.354 e. The molecule has 0 aliphatic heterocycles. The molecule has 4 aromatic rings. The number of fused-ring (bicyclic) bond motifs is 1. The lowest BCUT2D eigenvalue weighted by molar-refractivity contribution is -0.122. The minimum absolute atomic E-state index is 0.00450. The number of carbonyl (C=O) groups is 1. The number of halogens is 2. The highest BCUT2D eigenvalue weighted by Gasteiger charge is 2.27. The predicted molar refractivity (Wildman–Crippen MR) is 124 cm³/mol. The van der Waals surface area contributed by atoms with Crippen molar-refractivity contribution in [2.75, 3.05) is 6.54 Å². The van der Waals surface area contributed by atoms with Crippen LogP contribution in [0.15, 0.2) is 77.7 Å². The number of H-pyrrole nitrogens is 1. The molecule has 1 atom stereocenters. The molecular formula is C23H20ClFN4O3S. The number of hydrogen-bond donors (Lipinski definition) is 3. The number of imidazole rings is 1. The molecule has 0 saturated carbocycles. The Kier molecular flexibility index (Phi) is 6.73. The molecule has 170 valence electrons. The van der Waals surface area contributed by atoms with E-state index in [2.05, 4.69) is 20.0 Å². The Labute approximate surface area is 195 Å². The van der Waals surface area contributed by atoms with E-state index in [0.717, 1.165) is 0 Å². The van der Waals surface area contributed by atoms with Gasteiger partial charge in [-0.1, -0.05) is 41.9 Å². The van der Waals surface area contributed by atoms with Gasteiger partial charge in [0.15, 0.2) is 0 Å². The molecule has 7 nitrogen and oxygen atoms in total. The maximum absolute atomic E-state index is 13.4. The van der Waals surface area contributed by atoms with Gasteiger partial charge in [-0.2, -0.15) is 4.72 Å². The van der Waals surface area contributed by atoms with Crippen LogP contribution < -0.4 is 10.0 Å². The maximum Gasteiger partial charge on any atom is 0.242 e. The second kappa shape index (κ2) is 9.70. The molecule has 0 aliphatic carbocycles. The highest BCUT2D eigenvalue weighted by Crippen LogP contribution is 2.19. The molecule has 1 amide bonds. The third-order valence-electron chi connectivity index (χ3n) is 4.95. The Balaban J connectivity index is 1.48. The summed E-state index contributed by atoms with van der Waals surface area (Å²) in [6, 6.07) is 17.3. The summed E-state index contributed by atoms with van der Waals surface area (Å²) in [5.74, 6) is -0.306. The lowest BCUT2D eigenvalue weighted by Crippen LogP contribution is -2.41. The number of amides is 1. The summed E-state index contributed by atoms with van der Waals surface area (Å²) in [6.07, 6.45) is 0.355. The van der Waals surface area contributed by atoms with Gasteiger partial charge in [-0.05, 0) is 48.0 Å². The van der Waals surface area contributed by atoms with Crippen LogP contribution in [0, 0.1) is 5.82 Å². The predicted octanol–water partition coefficient (Wildman–Crippen LogP) is 3.73. The van der Waals surface area contributed by atoms with Crippen LogP contribution in [-0.2, 0) is 21.2 Å². The summed E-state index contributed by atoms with van der Waals surface area (Å²) in [6.45, 7) is 0.202. The Bertz CT molecular complexity index is 1380. The van der Waals surface area contributed by atoms with E-state index in [1.807, 2.05) is 0 Å². The molecular weight excluding hydrogens is 467 g/mol. The number of nitrogens with zero attached hydrogens (tertiary/aromatic N) is 1. The van der Waals surface area contributed by atoms with Crippen molar-refractivity contribution in [3.05, 3.63) is 95.0 Å². The van der Waals surface area contributed by atoms with Crippen LogP contribution in [0.3, 0.4) is 0 Å². The van der Waals surface area contributed by atoms with E-state index < -0.39 is 22.0 Å². The van der Waals surface area contributed by atoms with E-state index in [9.17, 15) is 17.6 Å². The zero-order valence-electron chi connectivity index (χ0n) is 17.3. The highest BCUT2D eigenvalue weighted by molar-refractivity contribution is 7.89. The summed E-state index contributed by atoms with van der Waals surface area (Å²) in [5, 5.41) is 3.15. The molecule has 0 fully saturated rings. The zero-order chi connectivity index (χ0) is 23.4. The number of aromatic amines is 1. The average molecular weight is 487 g/mol. The minimum Gasteiger partial charge on any atom is -0.354 e. The van der Waals surface area contributed by atoms with Gasteiger partial charge in [-0.15, -0.1) is 0 Å². The fourth-order valence-corrected chi connectivity index (χ4v) is 4.62. The number of carbonyl (C=O) groups excluding carboxylic acids is 1. The van der Waals surface area contributed by atoms with Crippen molar-refractivity contribution < 1.29 is 17.6 Å². The SMILES string of the molecule is O=C(NCCc1nc2ccc(F)cc2[nH]1)C(NS(=O)(=O)c1ccc(Cl)cc1)c1ccccc1. The lowest BCUT2D eigenvalue weighted by atomic mass is 10.1. The number of rotatable bonds is 8. The summed E-state index contributed by atoms with van der Waals surface area (Å²) in [7, 11) is -3.99. The molecule has 0 saturated heterocycles. The van der Waals surface area contributed by atoms with E-state index in [-0.39, 0.29) is 17.3 Å². The number of nitrogens with one attached hydrogen (secondary N) is 3. The van der Waals surface area contributed by atoms with Crippen molar-refractivity contribution in [2.24, 2.45) is 0 Å². The van der Waals surface area contributed by atoms with Crippen LogP contribution in [-0.4, -0.2) is 30.8 Å². The smallest absolute Gasteiger partial charge is 0.242 e. The van der Waals surface area contributed by atoms with Crippen LogP contribution in [0.5, 0.6) is 0 Å². The molecule has 1 unspecified atom stereocenters. The quantitative estimate of drug-likeness (QED) is 0.353. The van der Waals surface area contributed by atoms with Crippen LogP contribution in [0.2, 0.25) is 5.02 Å². The van der Waals surface area contributed by atoms with Crippen molar-refractivity contribution in [3.8, 4) is 0 Å². The van der Waals surface area contributed by atoms with Crippen molar-refractivity contribution in [2.45, 2.75) is 17.4 Å². The Morgan fingerprint density at radius 1 is 1.06 bits per heavy atom. The Morgan fingerprint density at radius 2 is 1.79 bits per heavy atom. The lowest BCUT2D eigenvalue weighted by Gasteiger charge is -2.19. The van der Waals surface area contributed by atoms with Gasteiger partial charge in [0.2, 0.25) is 15.9 Å². The molecule has 3 aromatic carbocycles. The van der Waals surface area contributed by atoms with Gasteiger partial charge in [0.1, 0.15) is 17.7 Å². The number of hydrogen-bond acceptors (Lipinski definition) is 4. The number of benzene rings is 3. The molecule has 1 heterocycles. The first-order valence-electron chi connectivity index (χ1n) is 10.1. The van der Waals surface area contributed by atoms with E-state index in [4.69, 9.17) is 11.6 Å². The molecule has 1 aromatic heterocycles. The van der Waals surface area contributed by atoms with Gasteiger partial charge in [-0.3, -0.25) is 4.79 Å². The van der Waals surface area contributed by atoms with Gasteiger partial charge < -0.3 is 10.3 Å². The molecule has 4 rings (SSSR count). The van der Waals surface area contributed by atoms with E-state index in [0.29, 0.717) is 33.9 Å². The van der Waals surface area contributed by atoms with E-state index in [1.165, 1.54) is 36.4 Å². The summed E-state index contributed by atoms with van der Waals surface area (Å²) < 4.78 is 41.6. The van der Waals surface area contributed by atoms with Gasteiger partial charge in [-0.25, -0.2) is 17.8 Å². The molecule has 3 N–H and O–H groups in total. The van der Waals surface area contributed by atoms with Crippen molar-refractivity contribution in [3.63, 3.8) is 0 Å². The number of aromatic nitrogens is 2. The van der Waals surface area contributed by atoms with Crippen LogP contribution in [0.4, 0.5) is 4.39 Å². The van der Waals surface area contributed by atoms with Gasteiger partial charge >= 0.3 is 0 Å².